The van der Waals surface area contributed by atoms with Crippen LogP contribution < -0.4 is 5.73 Å². The molecule has 0 fully saturated rings. The van der Waals surface area contributed by atoms with Gasteiger partial charge in [0.2, 0.25) is 0 Å². The molecule has 0 aromatic carbocycles. The lowest BCUT2D eigenvalue weighted by atomic mass is 10.0. The number of phosphoric acid groups is 1. The van der Waals surface area contributed by atoms with E-state index in [1.165, 1.54) is 193 Å². The zero-order valence-electron chi connectivity index (χ0n) is 40.2. The first kappa shape index (κ1) is 60.5. The lowest BCUT2D eigenvalue weighted by molar-refractivity contribution is -0.161. The van der Waals surface area contributed by atoms with Crippen molar-refractivity contribution in [2.24, 2.45) is 5.73 Å². The molecule has 0 radical (unpaired) electrons. The van der Waals surface area contributed by atoms with E-state index in [2.05, 4.69) is 18.4 Å². The summed E-state index contributed by atoms with van der Waals surface area (Å²) in [7, 11) is -4.71. The number of hydrogen-bond acceptors (Lipinski definition) is 9. The Kier molecular flexibility index (Phi) is 44.9. The third-order valence-electron chi connectivity index (χ3n) is 11.9. The number of carboxylic acid groups (broad SMARTS) is 1. The second kappa shape index (κ2) is 46.0. The monoisotopic (exact) mass is 904 g/mol. The first-order valence-corrected chi connectivity index (χ1v) is 27.6. The molecule has 0 amide bonds. The minimum Gasteiger partial charge on any atom is -0.480 e. The summed E-state index contributed by atoms with van der Waals surface area (Å²) in [5.41, 5.74) is 5.35. The summed E-state index contributed by atoms with van der Waals surface area (Å²) < 4.78 is 32.9. The van der Waals surface area contributed by atoms with Crippen LogP contribution in [0.1, 0.15) is 271 Å². The molecule has 368 valence electrons. The second-order valence-corrected chi connectivity index (χ2v) is 19.5. The van der Waals surface area contributed by atoms with Crippen LogP contribution in [0, 0.1) is 0 Å². The largest absolute Gasteiger partial charge is 0.480 e. The van der Waals surface area contributed by atoms with E-state index >= 15 is 0 Å². The van der Waals surface area contributed by atoms with Gasteiger partial charge < -0.3 is 25.2 Å². The average Bonchev–Trinajstić information content (AvgIpc) is 3.25. The molecule has 0 aliphatic rings. The molecule has 0 saturated heterocycles. The highest BCUT2D eigenvalue weighted by Gasteiger charge is 2.28. The fourth-order valence-corrected chi connectivity index (χ4v) is 8.55. The third-order valence-corrected chi connectivity index (χ3v) is 12.8. The fraction of sp³-hybridized carbons (Fsp3) is 0.940. The lowest BCUT2D eigenvalue weighted by Gasteiger charge is -2.20. The summed E-state index contributed by atoms with van der Waals surface area (Å²) in [5, 5.41) is 8.92. The molecule has 62 heavy (non-hydrogen) atoms. The van der Waals surface area contributed by atoms with E-state index in [4.69, 9.17) is 24.8 Å². The van der Waals surface area contributed by atoms with Gasteiger partial charge in [-0.25, -0.2) is 4.57 Å². The van der Waals surface area contributed by atoms with Crippen molar-refractivity contribution in [1.82, 2.24) is 0 Å². The molecule has 0 saturated carbocycles. The van der Waals surface area contributed by atoms with Gasteiger partial charge in [0.25, 0.3) is 0 Å². The van der Waals surface area contributed by atoms with E-state index in [9.17, 15) is 23.8 Å². The van der Waals surface area contributed by atoms with Crippen molar-refractivity contribution in [3.8, 4) is 0 Å². The lowest BCUT2D eigenvalue weighted by Crippen LogP contribution is -2.34. The molecule has 0 aliphatic heterocycles. The number of hydrogen-bond donors (Lipinski definition) is 3. The van der Waals surface area contributed by atoms with Crippen LogP contribution in [0.4, 0.5) is 0 Å². The van der Waals surface area contributed by atoms with E-state index in [0.717, 1.165) is 38.5 Å². The first-order valence-electron chi connectivity index (χ1n) is 26.1. The molecule has 0 aromatic heterocycles. The van der Waals surface area contributed by atoms with Crippen LogP contribution in [0.25, 0.3) is 0 Å². The highest BCUT2D eigenvalue weighted by Crippen LogP contribution is 2.43. The molecular weight excluding hydrogens is 806 g/mol. The zero-order chi connectivity index (χ0) is 45.6. The van der Waals surface area contributed by atoms with E-state index in [1.807, 2.05) is 0 Å². The summed E-state index contributed by atoms with van der Waals surface area (Å²) in [5.74, 6) is -2.35. The summed E-state index contributed by atoms with van der Waals surface area (Å²) in [6.45, 7) is 2.87. The number of carbonyl (C=O) groups is 3. The van der Waals surface area contributed by atoms with Crippen molar-refractivity contribution in [2.75, 3.05) is 19.8 Å². The summed E-state index contributed by atoms with van der Waals surface area (Å²) in [6.07, 6.45) is 47.4. The van der Waals surface area contributed by atoms with Gasteiger partial charge in [0.05, 0.1) is 13.2 Å². The minimum atomic E-state index is -4.71. The van der Waals surface area contributed by atoms with Crippen LogP contribution in [0.5, 0.6) is 0 Å². The molecule has 11 nitrogen and oxygen atoms in total. The van der Waals surface area contributed by atoms with Crippen LogP contribution in [0.2, 0.25) is 0 Å². The number of carboxylic acids is 1. The van der Waals surface area contributed by atoms with Crippen molar-refractivity contribution in [1.29, 1.82) is 0 Å². The maximum absolute atomic E-state index is 12.7. The summed E-state index contributed by atoms with van der Waals surface area (Å²) in [4.78, 5) is 46.2. The van der Waals surface area contributed by atoms with Crippen molar-refractivity contribution in [2.45, 2.75) is 283 Å². The first-order chi connectivity index (χ1) is 30.1. The molecule has 0 bridgehead atoms. The Balaban J connectivity index is 4.15. The van der Waals surface area contributed by atoms with Gasteiger partial charge in [-0.15, -0.1) is 0 Å². The maximum atomic E-state index is 12.7. The average molecular weight is 904 g/mol. The molecule has 0 heterocycles. The molecule has 4 N–H and O–H groups in total. The number of nitrogens with two attached hydrogens (primary N) is 1. The topological polar surface area (TPSA) is 172 Å². The number of unbranched alkanes of at least 4 members (excludes halogenated alkanes) is 36. The summed E-state index contributed by atoms with van der Waals surface area (Å²) in [6, 6.07) is -1.52. The Morgan fingerprint density at radius 1 is 0.435 bits per heavy atom. The van der Waals surface area contributed by atoms with Crippen molar-refractivity contribution in [3.63, 3.8) is 0 Å². The Bertz CT molecular complexity index is 1060. The Labute approximate surface area is 380 Å². The van der Waals surface area contributed by atoms with Gasteiger partial charge in [-0.1, -0.05) is 245 Å². The number of rotatable bonds is 50. The van der Waals surface area contributed by atoms with E-state index in [1.54, 1.807) is 0 Å². The van der Waals surface area contributed by atoms with E-state index < -0.39 is 51.1 Å². The van der Waals surface area contributed by atoms with Gasteiger partial charge in [0.15, 0.2) is 6.10 Å². The Morgan fingerprint density at radius 2 is 0.710 bits per heavy atom. The Morgan fingerprint density at radius 3 is 1.02 bits per heavy atom. The maximum Gasteiger partial charge on any atom is 0.472 e. The molecule has 0 rings (SSSR count). The van der Waals surface area contributed by atoms with Crippen LogP contribution in [-0.4, -0.2) is 59.9 Å². The quantitative estimate of drug-likeness (QED) is 0.0301. The highest BCUT2D eigenvalue weighted by molar-refractivity contribution is 7.47. The standard InChI is InChI=1S/C50H98NO10P/c1-3-5-7-9-11-13-15-17-19-20-21-22-23-24-25-26-28-30-32-34-36-38-40-42-49(53)61-46(44-59-62(56,57)60-45-47(51)50(54)55)43-58-48(52)41-39-37-35-33-31-29-27-18-16-14-12-10-8-6-4-2/h46-47H,3-45,51H2,1-2H3,(H,54,55)(H,56,57)/t46-,47-/m0/s1. The molecule has 1 unspecified atom stereocenters. The van der Waals surface area contributed by atoms with Crippen LogP contribution in [-0.2, 0) is 37.5 Å². The van der Waals surface area contributed by atoms with Gasteiger partial charge in [0, 0.05) is 12.8 Å². The molecule has 0 spiro atoms. The van der Waals surface area contributed by atoms with Crippen LogP contribution >= 0.6 is 7.82 Å². The van der Waals surface area contributed by atoms with Gasteiger partial charge >= 0.3 is 25.7 Å². The van der Waals surface area contributed by atoms with Gasteiger partial charge in [0.1, 0.15) is 12.6 Å². The number of esters is 2. The van der Waals surface area contributed by atoms with Crippen molar-refractivity contribution in [3.05, 3.63) is 0 Å². The third kappa shape index (κ3) is 45.1. The predicted molar refractivity (Wildman–Crippen MR) is 254 cm³/mol. The number of phosphoric ester groups is 1. The van der Waals surface area contributed by atoms with Crippen molar-refractivity contribution < 1.29 is 47.5 Å². The van der Waals surface area contributed by atoms with Gasteiger partial charge in [-0.2, -0.15) is 0 Å². The van der Waals surface area contributed by atoms with Crippen LogP contribution in [0.3, 0.4) is 0 Å². The molecule has 12 heteroatoms. The normalized spacial score (nSPS) is 13.5. The number of aliphatic carboxylic acids is 1. The summed E-state index contributed by atoms with van der Waals surface area (Å²) >= 11 is 0. The molecule has 0 aliphatic carbocycles. The zero-order valence-corrected chi connectivity index (χ0v) is 41.1. The molecular formula is C50H98NO10P. The number of ether oxygens (including phenoxy) is 2. The molecule has 0 aromatic rings. The minimum absolute atomic E-state index is 0.170. The fourth-order valence-electron chi connectivity index (χ4n) is 7.77. The number of carbonyl (C=O) groups excluding carboxylic acids is 2. The SMILES string of the molecule is CCCCCCCCCCCCCCCCCCCCCCCCCC(=O)O[C@@H](COC(=O)CCCCCCCCCCCCCCCCC)COP(=O)(O)OC[C@H](N)C(=O)O. The van der Waals surface area contributed by atoms with Gasteiger partial charge in [-0.3, -0.25) is 23.4 Å². The Hall–Kier alpha value is -1.52. The highest BCUT2D eigenvalue weighted by atomic mass is 31.2. The van der Waals surface area contributed by atoms with E-state index in [-0.39, 0.29) is 19.4 Å². The second-order valence-electron chi connectivity index (χ2n) is 18.0. The van der Waals surface area contributed by atoms with Gasteiger partial charge in [-0.05, 0) is 12.8 Å². The van der Waals surface area contributed by atoms with Crippen molar-refractivity contribution >= 4 is 25.7 Å². The van der Waals surface area contributed by atoms with Crippen LogP contribution in [0.15, 0.2) is 0 Å². The smallest absolute Gasteiger partial charge is 0.472 e. The predicted octanol–water partition coefficient (Wildman–Crippen LogP) is 14.6. The molecule has 3 atom stereocenters. The van der Waals surface area contributed by atoms with E-state index in [0.29, 0.717) is 12.8 Å².